The maximum Gasteiger partial charge on any atom is 0.191 e. The molecule has 0 aliphatic heterocycles. The molecule has 0 spiro atoms. The van der Waals surface area contributed by atoms with Crippen LogP contribution in [0.25, 0.3) is 0 Å². The number of hydrogen-bond acceptors (Lipinski definition) is 2. The van der Waals surface area contributed by atoms with E-state index >= 15 is 0 Å². The average Bonchev–Trinajstić information content (AvgIpc) is 2.57. The van der Waals surface area contributed by atoms with Gasteiger partial charge in [-0.05, 0) is 44.1 Å². The molecule has 0 radical (unpaired) electrons. The zero-order valence-electron chi connectivity index (χ0n) is 15.6. The zero-order valence-corrected chi connectivity index (χ0v) is 17.9. The molecular weight excluding hydrogens is 413 g/mol. The van der Waals surface area contributed by atoms with E-state index < -0.39 is 0 Å². The highest BCUT2D eigenvalue weighted by Crippen LogP contribution is 2.29. The first-order chi connectivity index (χ1) is 11.1. The summed E-state index contributed by atoms with van der Waals surface area (Å²) in [6.45, 7) is 11.1. The standard InChI is InChI=1S/C19H33N3O.HI/c1-5-19(6-2,12-13-23)15-22-18(20-7-3)21-14-17-10-8-16(4)9-11-17;/h8-11,23H,5-7,12-15H2,1-4H3,(H2,20,21,22);1H. The second-order valence-corrected chi connectivity index (χ2v) is 6.22. The fraction of sp³-hybridized carbons (Fsp3) is 0.632. The molecule has 0 heterocycles. The summed E-state index contributed by atoms with van der Waals surface area (Å²) < 4.78 is 0. The third-order valence-corrected chi connectivity index (χ3v) is 4.66. The van der Waals surface area contributed by atoms with E-state index in [0.717, 1.165) is 38.3 Å². The van der Waals surface area contributed by atoms with E-state index in [1.165, 1.54) is 11.1 Å². The van der Waals surface area contributed by atoms with Gasteiger partial charge in [0.2, 0.25) is 0 Å². The molecule has 0 amide bonds. The first-order valence-corrected chi connectivity index (χ1v) is 8.77. The molecule has 138 valence electrons. The molecule has 3 N–H and O–H groups in total. The van der Waals surface area contributed by atoms with Crippen LogP contribution >= 0.6 is 24.0 Å². The molecule has 1 aromatic rings. The smallest absolute Gasteiger partial charge is 0.191 e. The lowest BCUT2D eigenvalue weighted by Gasteiger charge is -2.32. The number of hydrogen-bond donors (Lipinski definition) is 3. The molecule has 0 aliphatic rings. The lowest BCUT2D eigenvalue weighted by molar-refractivity contribution is 0.169. The van der Waals surface area contributed by atoms with Gasteiger partial charge in [0.05, 0.1) is 6.54 Å². The van der Waals surface area contributed by atoms with Crippen molar-refractivity contribution in [1.82, 2.24) is 10.6 Å². The fourth-order valence-corrected chi connectivity index (χ4v) is 2.66. The van der Waals surface area contributed by atoms with Gasteiger partial charge >= 0.3 is 0 Å². The highest BCUT2D eigenvalue weighted by molar-refractivity contribution is 14.0. The van der Waals surface area contributed by atoms with E-state index in [1.807, 2.05) is 0 Å². The molecule has 0 bridgehead atoms. The van der Waals surface area contributed by atoms with Crippen LogP contribution in [0.3, 0.4) is 0 Å². The van der Waals surface area contributed by atoms with Gasteiger partial charge in [0.15, 0.2) is 5.96 Å². The van der Waals surface area contributed by atoms with Crippen LogP contribution in [-0.4, -0.2) is 30.8 Å². The molecule has 0 atom stereocenters. The summed E-state index contributed by atoms with van der Waals surface area (Å²) in [5.41, 5.74) is 2.61. The molecular formula is C19H34IN3O. The average molecular weight is 447 g/mol. The summed E-state index contributed by atoms with van der Waals surface area (Å²) in [5, 5.41) is 16.1. The maximum atomic E-state index is 9.33. The van der Waals surface area contributed by atoms with E-state index in [0.29, 0.717) is 6.54 Å². The largest absolute Gasteiger partial charge is 0.396 e. The molecule has 24 heavy (non-hydrogen) atoms. The molecule has 0 unspecified atom stereocenters. The fourth-order valence-electron chi connectivity index (χ4n) is 2.66. The molecule has 1 rings (SSSR count). The van der Waals surface area contributed by atoms with Gasteiger partial charge in [-0.25, -0.2) is 4.99 Å². The van der Waals surface area contributed by atoms with E-state index in [4.69, 9.17) is 0 Å². The van der Waals surface area contributed by atoms with Crippen LogP contribution in [0.15, 0.2) is 29.3 Å². The predicted octanol–water partition coefficient (Wildman–Crippen LogP) is 3.86. The summed E-state index contributed by atoms with van der Waals surface area (Å²) in [6, 6.07) is 8.48. The van der Waals surface area contributed by atoms with Gasteiger partial charge in [-0.2, -0.15) is 0 Å². The van der Waals surface area contributed by atoms with Crippen molar-refractivity contribution in [3.8, 4) is 0 Å². The topological polar surface area (TPSA) is 56.7 Å². The Morgan fingerprint density at radius 2 is 1.71 bits per heavy atom. The Morgan fingerprint density at radius 3 is 2.21 bits per heavy atom. The minimum atomic E-state index is 0. The van der Waals surface area contributed by atoms with Gasteiger partial charge in [0.1, 0.15) is 0 Å². The number of nitrogens with one attached hydrogen (secondary N) is 2. The van der Waals surface area contributed by atoms with Gasteiger partial charge in [-0.15, -0.1) is 24.0 Å². The maximum absolute atomic E-state index is 9.33. The molecule has 0 saturated heterocycles. The first-order valence-electron chi connectivity index (χ1n) is 8.77. The summed E-state index contributed by atoms with van der Waals surface area (Å²) in [5.74, 6) is 0.845. The third kappa shape index (κ3) is 7.83. The van der Waals surface area contributed by atoms with Crippen molar-refractivity contribution >= 4 is 29.9 Å². The highest BCUT2D eigenvalue weighted by atomic mass is 127. The van der Waals surface area contributed by atoms with Gasteiger partial charge in [-0.3, -0.25) is 0 Å². The predicted molar refractivity (Wildman–Crippen MR) is 114 cm³/mol. The van der Waals surface area contributed by atoms with Crippen LogP contribution in [0, 0.1) is 12.3 Å². The van der Waals surface area contributed by atoms with Crippen molar-refractivity contribution in [3.63, 3.8) is 0 Å². The number of aliphatic hydroxyl groups is 1. The van der Waals surface area contributed by atoms with E-state index in [1.54, 1.807) is 0 Å². The zero-order chi connectivity index (χ0) is 17.1. The lowest BCUT2D eigenvalue weighted by Crippen LogP contribution is -2.43. The van der Waals surface area contributed by atoms with Crippen LogP contribution in [0.2, 0.25) is 0 Å². The summed E-state index contributed by atoms with van der Waals surface area (Å²) in [4.78, 5) is 4.68. The number of guanidine groups is 1. The molecule has 0 saturated carbocycles. The van der Waals surface area contributed by atoms with Gasteiger partial charge in [0.25, 0.3) is 0 Å². The van der Waals surface area contributed by atoms with Crippen LogP contribution in [0.5, 0.6) is 0 Å². The van der Waals surface area contributed by atoms with Crippen molar-refractivity contribution in [2.24, 2.45) is 10.4 Å². The normalized spacial score (nSPS) is 11.8. The second-order valence-electron chi connectivity index (χ2n) is 6.22. The van der Waals surface area contributed by atoms with Crippen LogP contribution in [0.4, 0.5) is 0 Å². The van der Waals surface area contributed by atoms with Crippen molar-refractivity contribution < 1.29 is 5.11 Å². The molecule has 0 aliphatic carbocycles. The van der Waals surface area contributed by atoms with Crippen molar-refractivity contribution in [1.29, 1.82) is 0 Å². The van der Waals surface area contributed by atoms with Gasteiger partial charge in [0, 0.05) is 19.7 Å². The van der Waals surface area contributed by atoms with Gasteiger partial charge in [-0.1, -0.05) is 43.7 Å². The Labute approximate surface area is 164 Å². The monoisotopic (exact) mass is 447 g/mol. The van der Waals surface area contributed by atoms with E-state index in [2.05, 4.69) is 67.6 Å². The number of benzene rings is 1. The number of aliphatic hydroxyl groups excluding tert-OH is 1. The number of aryl methyl sites for hydroxylation is 1. The Hall–Kier alpha value is -0.820. The van der Waals surface area contributed by atoms with E-state index in [9.17, 15) is 5.11 Å². The number of halogens is 1. The van der Waals surface area contributed by atoms with E-state index in [-0.39, 0.29) is 36.0 Å². The minimum Gasteiger partial charge on any atom is -0.396 e. The minimum absolute atomic E-state index is 0. The van der Waals surface area contributed by atoms with Crippen LogP contribution < -0.4 is 10.6 Å². The lowest BCUT2D eigenvalue weighted by atomic mass is 9.79. The first kappa shape index (κ1) is 23.2. The summed E-state index contributed by atoms with van der Waals surface area (Å²) >= 11 is 0. The number of nitrogens with zero attached hydrogens (tertiary/aromatic N) is 1. The van der Waals surface area contributed by atoms with Crippen molar-refractivity contribution in [3.05, 3.63) is 35.4 Å². The number of rotatable bonds is 9. The Balaban J connectivity index is 0.00000529. The van der Waals surface area contributed by atoms with Crippen LogP contribution in [-0.2, 0) is 6.54 Å². The highest BCUT2D eigenvalue weighted by Gasteiger charge is 2.25. The molecule has 0 fully saturated rings. The third-order valence-electron chi connectivity index (χ3n) is 4.66. The van der Waals surface area contributed by atoms with Gasteiger partial charge < -0.3 is 15.7 Å². The summed E-state index contributed by atoms with van der Waals surface area (Å²) in [7, 11) is 0. The van der Waals surface area contributed by atoms with Crippen LogP contribution in [0.1, 0.15) is 51.2 Å². The van der Waals surface area contributed by atoms with Crippen molar-refractivity contribution in [2.75, 3.05) is 19.7 Å². The Bertz CT molecular complexity index is 470. The van der Waals surface area contributed by atoms with Crippen molar-refractivity contribution in [2.45, 2.75) is 53.5 Å². The SMILES string of the molecule is CCNC(=NCc1ccc(C)cc1)NCC(CC)(CC)CCO.I. The molecule has 0 aromatic heterocycles. The number of aliphatic imine (C=N–C) groups is 1. The second kappa shape index (κ2) is 12.5. The Morgan fingerprint density at radius 1 is 1.08 bits per heavy atom. The molecule has 1 aromatic carbocycles. The quantitative estimate of drug-likeness (QED) is 0.306. The molecule has 5 heteroatoms. The molecule has 4 nitrogen and oxygen atoms in total. The summed E-state index contributed by atoms with van der Waals surface area (Å²) in [6.07, 6.45) is 2.92. The Kier molecular flexibility index (Phi) is 12.1.